The molecule has 2 fully saturated rings. The molecule has 2 unspecified atom stereocenters. The van der Waals surface area contributed by atoms with E-state index in [0.29, 0.717) is 43.7 Å². The average molecular weight is 966 g/mol. The van der Waals surface area contributed by atoms with Gasteiger partial charge in [0.2, 0.25) is 17.7 Å². The number of unbranched alkanes of at least 4 members (excludes halogenated alkanes) is 1. The van der Waals surface area contributed by atoms with Crippen LogP contribution in [0.3, 0.4) is 0 Å². The number of hydrogen-bond acceptors (Lipinski definition) is 9. The van der Waals surface area contributed by atoms with Crippen LogP contribution in [-0.2, 0) is 36.6 Å². The zero-order valence-electron chi connectivity index (χ0n) is 37.8. The van der Waals surface area contributed by atoms with E-state index in [9.17, 15) is 32.3 Å². The summed E-state index contributed by atoms with van der Waals surface area (Å²) in [6.07, 6.45) is -2.15. The number of hydrogen-bond donors (Lipinski definition) is 2. The molecule has 3 heterocycles. The van der Waals surface area contributed by atoms with Crippen LogP contribution in [0, 0.1) is 34.2 Å². The highest BCUT2D eigenvalue weighted by atomic mass is 32.1. The van der Waals surface area contributed by atoms with Crippen molar-refractivity contribution in [3.63, 3.8) is 0 Å². The van der Waals surface area contributed by atoms with Crippen molar-refractivity contribution in [1.29, 1.82) is 5.26 Å². The molecule has 20 heteroatoms. The molecule has 2 aliphatic rings. The third-order valence-corrected chi connectivity index (χ3v) is 11.8. The monoisotopic (exact) mass is 965 g/mol. The summed E-state index contributed by atoms with van der Waals surface area (Å²) in [6, 6.07) is 15.3. The summed E-state index contributed by atoms with van der Waals surface area (Å²) in [5.74, 6) is -5.87. The molecule has 13 nitrogen and oxygen atoms in total. The number of nitriles is 1. The highest BCUT2D eigenvalue weighted by Gasteiger charge is 2.52. The molecular weight excluding hydrogens is 917 g/mol. The number of halogens is 6. The first-order chi connectivity index (χ1) is 32.1. The van der Waals surface area contributed by atoms with Gasteiger partial charge in [0.25, 0.3) is 5.91 Å². The SMILES string of the molecule is CC(C)(C)C(NC(=O)COCCCCOc1ccc(-c2ncc(N3C(=S)N(c4ccc(C#N)c(C(F)(F)F)c4F)C(=O)C3(C)C)cc2F)cc1F)C(=O)N1CCCC1C(=O)NCc1ccccc1. The molecule has 0 bridgehead atoms. The zero-order chi connectivity index (χ0) is 49.7. The van der Waals surface area contributed by atoms with Gasteiger partial charge in [-0.05, 0) is 93.1 Å². The zero-order valence-corrected chi connectivity index (χ0v) is 38.6. The minimum absolute atomic E-state index is 0.0193. The van der Waals surface area contributed by atoms with Crippen molar-refractivity contribution in [1.82, 2.24) is 20.5 Å². The van der Waals surface area contributed by atoms with Crippen LogP contribution >= 0.6 is 12.2 Å². The van der Waals surface area contributed by atoms with Crippen LogP contribution in [-0.4, -0.2) is 82.6 Å². The standard InChI is InChI=1S/C48H49F6N7O6S/c1-46(2,3)41(43(64)59-19-11-14-35(59)42(63)57-25-28-12-7-6-8-13-28)58-37(62)27-66-20-9-10-21-67-36-18-16-29(22-32(36)49)40-33(50)23-31(26-56-40)61-45(68)60(44(65)47(61,4)5)34-17-15-30(24-55)38(39(34)51)48(52,53)54/h6-8,12-13,15-18,22-23,26,35,41H,9-11,14,19-21,25,27H2,1-5H3,(H,57,63)(H,58,62). The number of pyridine rings is 1. The van der Waals surface area contributed by atoms with Crippen molar-refractivity contribution in [3.8, 4) is 23.1 Å². The largest absolute Gasteiger partial charge is 0.491 e. The Morgan fingerprint density at radius 1 is 0.985 bits per heavy atom. The quantitative estimate of drug-likeness (QED) is 0.0641. The second kappa shape index (κ2) is 20.7. The molecule has 0 saturated carbocycles. The number of rotatable bonds is 16. The number of carbonyl (C=O) groups excluding carboxylic acids is 4. The first-order valence-corrected chi connectivity index (χ1v) is 22.0. The lowest BCUT2D eigenvalue weighted by Crippen LogP contribution is -2.58. The maximum atomic E-state index is 15.7. The van der Waals surface area contributed by atoms with Crippen LogP contribution in [0.25, 0.3) is 11.3 Å². The Morgan fingerprint density at radius 3 is 2.34 bits per heavy atom. The number of ether oxygens (including phenoxy) is 2. The van der Waals surface area contributed by atoms with E-state index in [-0.39, 0.29) is 54.3 Å². The van der Waals surface area contributed by atoms with Crippen LogP contribution in [0.5, 0.6) is 5.75 Å². The molecule has 360 valence electrons. The Morgan fingerprint density at radius 2 is 1.69 bits per heavy atom. The van der Waals surface area contributed by atoms with Gasteiger partial charge in [0, 0.05) is 31.3 Å². The average Bonchev–Trinajstić information content (AvgIpc) is 3.84. The van der Waals surface area contributed by atoms with Gasteiger partial charge in [0.15, 0.2) is 28.3 Å². The molecule has 2 saturated heterocycles. The third-order valence-electron chi connectivity index (χ3n) is 11.5. The van der Waals surface area contributed by atoms with Crippen molar-refractivity contribution in [2.45, 2.75) is 90.6 Å². The summed E-state index contributed by atoms with van der Waals surface area (Å²) in [5, 5.41) is 14.4. The smallest absolute Gasteiger partial charge is 0.420 e. The number of anilines is 2. The lowest BCUT2D eigenvalue weighted by molar-refractivity contribution is -0.144. The summed E-state index contributed by atoms with van der Waals surface area (Å²) in [6.45, 7) is 8.77. The minimum atomic E-state index is -5.27. The predicted octanol–water partition coefficient (Wildman–Crippen LogP) is 7.99. The van der Waals surface area contributed by atoms with Crippen LogP contribution < -0.4 is 25.2 Å². The fourth-order valence-electron chi connectivity index (χ4n) is 7.95. The summed E-state index contributed by atoms with van der Waals surface area (Å²) >= 11 is 5.42. The highest BCUT2D eigenvalue weighted by Crippen LogP contribution is 2.42. The van der Waals surface area contributed by atoms with Crippen LogP contribution in [0.2, 0.25) is 0 Å². The fourth-order valence-corrected chi connectivity index (χ4v) is 8.47. The normalized spacial score (nSPS) is 16.4. The number of thiocarbonyl (C=S) groups is 1. The first-order valence-electron chi connectivity index (χ1n) is 21.6. The fraction of sp³-hybridized carbons (Fsp3) is 0.396. The Hall–Kier alpha value is -6.59. The van der Waals surface area contributed by atoms with Crippen molar-refractivity contribution in [2.24, 2.45) is 5.41 Å². The number of amides is 4. The molecule has 6 rings (SSSR count). The molecule has 0 spiro atoms. The number of alkyl halides is 3. The molecule has 1 aromatic heterocycles. The second-order valence-corrected chi connectivity index (χ2v) is 18.2. The molecule has 68 heavy (non-hydrogen) atoms. The van der Waals surface area contributed by atoms with Gasteiger partial charge in [-0.1, -0.05) is 51.1 Å². The number of nitrogens with zero attached hydrogens (tertiary/aromatic N) is 5. The van der Waals surface area contributed by atoms with Gasteiger partial charge in [-0.2, -0.15) is 18.4 Å². The number of aromatic nitrogens is 1. The van der Waals surface area contributed by atoms with Crippen LogP contribution in [0.15, 0.2) is 72.9 Å². The predicted molar refractivity (Wildman–Crippen MR) is 242 cm³/mol. The summed E-state index contributed by atoms with van der Waals surface area (Å²) in [4.78, 5) is 60.7. The van der Waals surface area contributed by atoms with Gasteiger partial charge >= 0.3 is 6.18 Å². The van der Waals surface area contributed by atoms with E-state index in [1.54, 1.807) is 0 Å². The van der Waals surface area contributed by atoms with Gasteiger partial charge in [-0.25, -0.2) is 13.2 Å². The molecular formula is C48H49F6N7O6S. The van der Waals surface area contributed by atoms with Gasteiger partial charge in [-0.15, -0.1) is 0 Å². The lowest BCUT2D eigenvalue weighted by Gasteiger charge is -2.35. The van der Waals surface area contributed by atoms with E-state index < -0.39 is 80.4 Å². The lowest BCUT2D eigenvalue weighted by atomic mass is 9.85. The van der Waals surface area contributed by atoms with Crippen molar-refractivity contribution >= 4 is 52.3 Å². The second-order valence-electron chi connectivity index (χ2n) is 17.8. The van der Waals surface area contributed by atoms with Gasteiger partial charge in [0.1, 0.15) is 35.5 Å². The van der Waals surface area contributed by atoms with Crippen molar-refractivity contribution < 1.29 is 55.0 Å². The molecule has 0 aliphatic carbocycles. The van der Waals surface area contributed by atoms with E-state index in [4.69, 9.17) is 27.0 Å². The summed E-state index contributed by atoms with van der Waals surface area (Å²) in [7, 11) is 0. The first kappa shape index (κ1) is 50.8. The molecule has 2 aliphatic heterocycles. The number of nitrogens with one attached hydrogen (secondary N) is 2. The topological polar surface area (TPSA) is 157 Å². The number of carbonyl (C=O) groups is 4. The number of benzene rings is 3. The Labute approximate surface area is 394 Å². The Bertz CT molecular complexity index is 2620. The van der Waals surface area contributed by atoms with Gasteiger partial charge < -0.3 is 29.9 Å². The molecule has 4 amide bonds. The minimum Gasteiger partial charge on any atom is -0.491 e. The molecule has 2 N–H and O–H groups in total. The maximum Gasteiger partial charge on any atom is 0.420 e. The van der Waals surface area contributed by atoms with Crippen molar-refractivity contribution in [2.75, 3.05) is 36.2 Å². The Balaban J connectivity index is 0.984. The molecule has 3 aromatic carbocycles. The van der Waals surface area contributed by atoms with Crippen LogP contribution in [0.4, 0.5) is 37.7 Å². The van der Waals surface area contributed by atoms with E-state index in [0.717, 1.165) is 40.9 Å². The summed E-state index contributed by atoms with van der Waals surface area (Å²) < 4.78 is 98.7. The number of likely N-dealkylation sites (tertiary alicyclic amines) is 1. The third kappa shape index (κ3) is 11.1. The van der Waals surface area contributed by atoms with E-state index in [1.807, 2.05) is 51.1 Å². The van der Waals surface area contributed by atoms with E-state index >= 15 is 13.2 Å². The maximum absolute atomic E-state index is 15.7. The van der Waals surface area contributed by atoms with Crippen molar-refractivity contribution in [3.05, 3.63) is 107 Å². The van der Waals surface area contributed by atoms with Crippen LogP contribution in [0.1, 0.15) is 77.0 Å². The highest BCUT2D eigenvalue weighted by molar-refractivity contribution is 7.81. The molecule has 0 radical (unpaired) electrons. The summed E-state index contributed by atoms with van der Waals surface area (Å²) in [5.41, 5.74) is -5.51. The van der Waals surface area contributed by atoms with E-state index in [1.165, 1.54) is 36.9 Å². The van der Waals surface area contributed by atoms with Gasteiger partial charge in [-0.3, -0.25) is 29.1 Å². The van der Waals surface area contributed by atoms with Gasteiger partial charge in [0.05, 0.1) is 35.8 Å². The molecule has 4 aromatic rings. The van der Waals surface area contributed by atoms with E-state index in [2.05, 4.69) is 15.6 Å². The Kier molecular flexibility index (Phi) is 15.5. The molecule has 2 atom stereocenters.